The summed E-state index contributed by atoms with van der Waals surface area (Å²) >= 11 is 1.75. The normalized spacial score (nSPS) is 11.5. The fraction of sp³-hybridized carbons (Fsp3) is 0.261. The van der Waals surface area contributed by atoms with Gasteiger partial charge in [-0.05, 0) is 50.6 Å². The summed E-state index contributed by atoms with van der Waals surface area (Å²) in [6.45, 7) is 1.04. The second-order valence-electron chi connectivity index (χ2n) is 7.22. The van der Waals surface area contributed by atoms with Crippen molar-refractivity contribution in [2.45, 2.75) is 19.3 Å². The standard InChI is InChI=1S/C23H25N3S/c1-26(2)14-13-18-15-24-21-10-6-9-20(22(18)21)23-25-19(16-27-23)12-11-17-7-4-3-5-8-17/h3-10,15-16,24H,11-14H2,1-2H3. The van der Waals surface area contributed by atoms with Crippen molar-refractivity contribution in [3.05, 3.63) is 76.9 Å². The van der Waals surface area contributed by atoms with Crippen molar-refractivity contribution in [1.29, 1.82) is 0 Å². The van der Waals surface area contributed by atoms with Gasteiger partial charge in [0.15, 0.2) is 0 Å². The van der Waals surface area contributed by atoms with Crippen LogP contribution < -0.4 is 0 Å². The van der Waals surface area contributed by atoms with Gasteiger partial charge >= 0.3 is 0 Å². The number of benzene rings is 2. The Morgan fingerprint density at radius 2 is 1.81 bits per heavy atom. The van der Waals surface area contributed by atoms with Crippen LogP contribution in [-0.2, 0) is 19.3 Å². The molecule has 0 radical (unpaired) electrons. The summed E-state index contributed by atoms with van der Waals surface area (Å²) in [7, 11) is 4.24. The first-order valence-electron chi connectivity index (χ1n) is 9.43. The summed E-state index contributed by atoms with van der Waals surface area (Å²) in [5.74, 6) is 0. The fourth-order valence-electron chi connectivity index (χ4n) is 3.44. The molecule has 0 amide bonds. The summed E-state index contributed by atoms with van der Waals surface area (Å²) in [5, 5.41) is 4.65. The second-order valence-corrected chi connectivity index (χ2v) is 8.08. The molecule has 4 heteroatoms. The third-order valence-electron chi connectivity index (χ3n) is 4.91. The summed E-state index contributed by atoms with van der Waals surface area (Å²) in [4.78, 5) is 10.6. The van der Waals surface area contributed by atoms with Gasteiger partial charge in [0.2, 0.25) is 0 Å². The topological polar surface area (TPSA) is 31.9 Å². The Morgan fingerprint density at radius 3 is 2.63 bits per heavy atom. The minimum atomic E-state index is 0.983. The molecule has 2 aromatic heterocycles. The first kappa shape index (κ1) is 18.0. The average molecular weight is 376 g/mol. The van der Waals surface area contributed by atoms with E-state index in [-0.39, 0.29) is 0 Å². The Morgan fingerprint density at radius 1 is 0.963 bits per heavy atom. The smallest absolute Gasteiger partial charge is 0.124 e. The van der Waals surface area contributed by atoms with E-state index in [0.717, 1.165) is 30.8 Å². The van der Waals surface area contributed by atoms with E-state index in [9.17, 15) is 0 Å². The second kappa shape index (κ2) is 8.07. The SMILES string of the molecule is CN(C)CCc1c[nH]c2cccc(-c3nc(CCc4ccccc4)cs3)c12. The predicted molar refractivity (Wildman–Crippen MR) is 116 cm³/mol. The van der Waals surface area contributed by atoms with Gasteiger partial charge in [-0.1, -0.05) is 42.5 Å². The van der Waals surface area contributed by atoms with Gasteiger partial charge in [0.25, 0.3) is 0 Å². The zero-order valence-electron chi connectivity index (χ0n) is 15.9. The molecule has 4 aromatic rings. The van der Waals surface area contributed by atoms with Crippen molar-refractivity contribution < 1.29 is 0 Å². The van der Waals surface area contributed by atoms with Crippen LogP contribution in [-0.4, -0.2) is 35.5 Å². The highest BCUT2D eigenvalue weighted by Crippen LogP contribution is 2.33. The lowest BCUT2D eigenvalue weighted by molar-refractivity contribution is 0.414. The van der Waals surface area contributed by atoms with Gasteiger partial charge in [0, 0.05) is 34.6 Å². The number of nitrogens with zero attached hydrogens (tertiary/aromatic N) is 2. The number of hydrogen-bond donors (Lipinski definition) is 1. The van der Waals surface area contributed by atoms with Crippen LogP contribution in [0.4, 0.5) is 0 Å². The number of aromatic amines is 1. The number of hydrogen-bond acceptors (Lipinski definition) is 3. The molecule has 0 bridgehead atoms. The molecule has 138 valence electrons. The molecule has 0 fully saturated rings. The van der Waals surface area contributed by atoms with Crippen LogP contribution in [0.2, 0.25) is 0 Å². The monoisotopic (exact) mass is 375 g/mol. The number of H-pyrrole nitrogens is 1. The van der Waals surface area contributed by atoms with Crippen LogP contribution in [0.25, 0.3) is 21.5 Å². The highest BCUT2D eigenvalue weighted by atomic mass is 32.1. The molecular weight excluding hydrogens is 350 g/mol. The third kappa shape index (κ3) is 4.12. The number of aryl methyl sites for hydroxylation is 2. The van der Waals surface area contributed by atoms with E-state index in [2.05, 4.69) is 84.1 Å². The number of rotatable bonds is 7. The van der Waals surface area contributed by atoms with Gasteiger partial charge in [0.1, 0.15) is 5.01 Å². The first-order chi connectivity index (χ1) is 13.2. The van der Waals surface area contributed by atoms with Crippen LogP contribution in [0, 0.1) is 0 Å². The Balaban J connectivity index is 1.59. The number of nitrogens with one attached hydrogen (secondary N) is 1. The number of aromatic nitrogens is 2. The molecule has 0 unspecified atom stereocenters. The Kier molecular flexibility index (Phi) is 5.37. The summed E-state index contributed by atoms with van der Waals surface area (Å²) in [6, 6.07) is 17.1. The maximum Gasteiger partial charge on any atom is 0.124 e. The molecule has 27 heavy (non-hydrogen) atoms. The maximum absolute atomic E-state index is 4.96. The maximum atomic E-state index is 4.96. The van der Waals surface area contributed by atoms with Gasteiger partial charge in [-0.2, -0.15) is 0 Å². The Bertz CT molecular complexity index is 1010. The molecule has 0 saturated heterocycles. The highest BCUT2D eigenvalue weighted by Gasteiger charge is 2.13. The first-order valence-corrected chi connectivity index (χ1v) is 10.3. The predicted octanol–water partition coefficient (Wildman–Crippen LogP) is 5.18. The van der Waals surface area contributed by atoms with Gasteiger partial charge in [0.05, 0.1) is 5.69 Å². The summed E-state index contributed by atoms with van der Waals surface area (Å²) < 4.78 is 0. The van der Waals surface area contributed by atoms with Gasteiger partial charge < -0.3 is 9.88 Å². The quantitative estimate of drug-likeness (QED) is 0.483. The molecule has 4 rings (SSSR count). The largest absolute Gasteiger partial charge is 0.361 e. The summed E-state index contributed by atoms with van der Waals surface area (Å²) in [5.41, 5.74) is 6.36. The minimum absolute atomic E-state index is 0.983. The van der Waals surface area contributed by atoms with E-state index in [0.29, 0.717) is 0 Å². The molecular formula is C23H25N3S. The van der Waals surface area contributed by atoms with E-state index < -0.39 is 0 Å². The lowest BCUT2D eigenvalue weighted by Crippen LogP contribution is -2.14. The van der Waals surface area contributed by atoms with Crippen LogP contribution >= 0.6 is 11.3 Å². The van der Waals surface area contributed by atoms with Crippen LogP contribution in [0.5, 0.6) is 0 Å². The van der Waals surface area contributed by atoms with Crippen molar-refractivity contribution in [2.24, 2.45) is 0 Å². The molecule has 0 saturated carbocycles. The fourth-order valence-corrected chi connectivity index (χ4v) is 4.32. The average Bonchev–Trinajstić information content (AvgIpc) is 3.32. The van der Waals surface area contributed by atoms with Gasteiger partial charge in [-0.25, -0.2) is 4.98 Å². The summed E-state index contributed by atoms with van der Waals surface area (Å²) in [6.07, 6.45) is 5.21. The molecule has 3 nitrogen and oxygen atoms in total. The zero-order chi connectivity index (χ0) is 18.6. The van der Waals surface area contributed by atoms with Crippen molar-refractivity contribution in [3.63, 3.8) is 0 Å². The highest BCUT2D eigenvalue weighted by molar-refractivity contribution is 7.13. The Labute approximate surface area is 164 Å². The van der Waals surface area contributed by atoms with E-state index in [1.807, 2.05) is 0 Å². The molecule has 0 aliphatic heterocycles. The van der Waals surface area contributed by atoms with Crippen molar-refractivity contribution in [2.75, 3.05) is 20.6 Å². The number of fused-ring (bicyclic) bond motifs is 1. The Hall–Kier alpha value is -2.43. The minimum Gasteiger partial charge on any atom is -0.361 e. The van der Waals surface area contributed by atoms with Crippen molar-refractivity contribution in [3.8, 4) is 10.6 Å². The zero-order valence-corrected chi connectivity index (χ0v) is 16.7. The van der Waals surface area contributed by atoms with E-state index in [1.165, 1.54) is 33.3 Å². The number of likely N-dealkylation sites (N-methyl/N-ethyl adjacent to an activating group) is 1. The molecule has 0 atom stereocenters. The molecule has 0 aliphatic rings. The molecule has 2 heterocycles. The third-order valence-corrected chi connectivity index (χ3v) is 5.84. The molecule has 2 aromatic carbocycles. The lowest BCUT2D eigenvalue weighted by Gasteiger charge is -2.09. The van der Waals surface area contributed by atoms with Crippen LogP contribution in [0.15, 0.2) is 60.1 Å². The molecule has 1 N–H and O–H groups in total. The van der Waals surface area contributed by atoms with E-state index in [1.54, 1.807) is 11.3 Å². The molecule has 0 spiro atoms. The van der Waals surface area contributed by atoms with E-state index >= 15 is 0 Å². The van der Waals surface area contributed by atoms with Crippen LogP contribution in [0.3, 0.4) is 0 Å². The van der Waals surface area contributed by atoms with Crippen molar-refractivity contribution in [1.82, 2.24) is 14.9 Å². The lowest BCUT2D eigenvalue weighted by atomic mass is 10.0. The van der Waals surface area contributed by atoms with Crippen LogP contribution in [0.1, 0.15) is 16.8 Å². The van der Waals surface area contributed by atoms with Gasteiger partial charge in [-0.3, -0.25) is 0 Å². The van der Waals surface area contributed by atoms with Gasteiger partial charge in [-0.15, -0.1) is 11.3 Å². The number of thiazole rings is 1. The van der Waals surface area contributed by atoms with Crippen molar-refractivity contribution >= 4 is 22.2 Å². The molecule has 0 aliphatic carbocycles. The van der Waals surface area contributed by atoms with E-state index in [4.69, 9.17) is 4.98 Å².